The number of nitriles is 1. The highest BCUT2D eigenvalue weighted by molar-refractivity contribution is 7.89. The third-order valence-corrected chi connectivity index (χ3v) is 4.29. The fourth-order valence-corrected chi connectivity index (χ4v) is 2.50. The fraction of sp³-hybridized carbons (Fsp3) is 0.429. The summed E-state index contributed by atoms with van der Waals surface area (Å²) >= 11 is 0. The highest BCUT2D eigenvalue weighted by atomic mass is 32.2. The number of carbonyl (C=O) groups is 1. The number of hydrogen-bond donors (Lipinski definition) is 1. The fourth-order valence-electron chi connectivity index (χ4n) is 1.44. The third-order valence-electron chi connectivity index (χ3n) is 2.89. The van der Waals surface area contributed by atoms with Crippen molar-refractivity contribution < 1.29 is 13.2 Å². The van der Waals surface area contributed by atoms with E-state index in [0.717, 1.165) is 0 Å². The third kappa shape index (κ3) is 3.89. The number of ketones is 1. The lowest BCUT2D eigenvalue weighted by Gasteiger charge is -2.16. The Bertz CT molecular complexity index is 665. The van der Waals surface area contributed by atoms with Gasteiger partial charge in [0.25, 0.3) is 0 Å². The van der Waals surface area contributed by atoms with E-state index in [-0.39, 0.29) is 17.2 Å². The second-order valence-corrected chi connectivity index (χ2v) is 7.35. The minimum Gasteiger partial charge on any atom is -0.298 e. The molecular formula is C14H18N2O3S. The van der Waals surface area contributed by atoms with Crippen LogP contribution in [-0.4, -0.2) is 20.7 Å². The average Bonchev–Trinajstić information content (AvgIpc) is 2.34. The predicted molar refractivity (Wildman–Crippen MR) is 75.5 cm³/mol. The number of nitrogens with zero attached hydrogens (tertiary/aromatic N) is 1. The zero-order valence-corrected chi connectivity index (χ0v) is 12.8. The molecule has 0 bridgehead atoms. The van der Waals surface area contributed by atoms with Gasteiger partial charge in [-0.3, -0.25) is 4.79 Å². The van der Waals surface area contributed by atoms with E-state index in [2.05, 4.69) is 4.72 Å². The molecule has 5 nitrogen and oxygen atoms in total. The van der Waals surface area contributed by atoms with Crippen LogP contribution in [0.15, 0.2) is 23.1 Å². The number of Topliss-reactive ketones (excluding diaryl/α,β-unsaturated/α-hetero) is 1. The maximum absolute atomic E-state index is 12.1. The minimum absolute atomic E-state index is 0.0516. The maximum Gasteiger partial charge on any atom is 0.240 e. The van der Waals surface area contributed by atoms with E-state index in [9.17, 15) is 13.2 Å². The van der Waals surface area contributed by atoms with E-state index in [4.69, 9.17) is 5.26 Å². The molecule has 6 heteroatoms. The van der Waals surface area contributed by atoms with Crippen LogP contribution in [0.5, 0.6) is 0 Å². The molecule has 0 unspecified atom stereocenters. The molecule has 0 amide bonds. The van der Waals surface area contributed by atoms with Crippen molar-refractivity contribution in [2.75, 3.05) is 6.54 Å². The van der Waals surface area contributed by atoms with Crippen LogP contribution >= 0.6 is 0 Å². The van der Waals surface area contributed by atoms with Crippen LogP contribution < -0.4 is 4.72 Å². The van der Waals surface area contributed by atoms with Crippen molar-refractivity contribution in [3.63, 3.8) is 0 Å². The first-order chi connectivity index (χ1) is 9.08. The van der Waals surface area contributed by atoms with Gasteiger partial charge in [-0.1, -0.05) is 20.8 Å². The van der Waals surface area contributed by atoms with Crippen molar-refractivity contribution in [1.29, 1.82) is 5.26 Å². The first kappa shape index (κ1) is 16.3. The van der Waals surface area contributed by atoms with Gasteiger partial charge in [-0.15, -0.1) is 0 Å². The summed E-state index contributed by atoms with van der Waals surface area (Å²) in [5.74, 6) is -0.188. The molecule has 1 N–H and O–H groups in total. The molecule has 0 saturated carbocycles. The summed E-state index contributed by atoms with van der Waals surface area (Å²) < 4.78 is 26.4. The molecular weight excluding hydrogens is 276 g/mol. The van der Waals surface area contributed by atoms with Gasteiger partial charge in [0.05, 0.1) is 23.1 Å². The maximum atomic E-state index is 12.1. The first-order valence-corrected chi connectivity index (χ1v) is 7.60. The van der Waals surface area contributed by atoms with Gasteiger partial charge in [0.1, 0.15) is 0 Å². The van der Waals surface area contributed by atoms with Gasteiger partial charge in [0, 0.05) is 5.41 Å². The van der Waals surface area contributed by atoms with Crippen LogP contribution in [0.1, 0.15) is 31.9 Å². The molecule has 1 aromatic rings. The Kier molecular flexibility index (Phi) is 4.69. The smallest absolute Gasteiger partial charge is 0.240 e. The SMILES string of the molecule is Cc1cc(S(=O)(=O)NCC(=O)C(C)(C)C)ccc1C#N. The number of benzene rings is 1. The van der Waals surface area contributed by atoms with Crippen LogP contribution in [0.4, 0.5) is 0 Å². The van der Waals surface area contributed by atoms with Gasteiger partial charge in [0.15, 0.2) is 5.78 Å². The number of hydrogen-bond acceptors (Lipinski definition) is 4. The largest absolute Gasteiger partial charge is 0.298 e. The normalized spacial score (nSPS) is 11.9. The van der Waals surface area contributed by atoms with E-state index >= 15 is 0 Å². The Morgan fingerprint density at radius 3 is 2.40 bits per heavy atom. The van der Waals surface area contributed by atoms with Crippen LogP contribution in [0.3, 0.4) is 0 Å². The summed E-state index contributed by atoms with van der Waals surface area (Å²) in [6.45, 7) is 6.61. The lowest BCUT2D eigenvalue weighted by Crippen LogP contribution is -2.35. The van der Waals surface area contributed by atoms with Gasteiger partial charge >= 0.3 is 0 Å². The lowest BCUT2D eigenvalue weighted by molar-refractivity contribution is -0.125. The van der Waals surface area contributed by atoms with Gasteiger partial charge in [-0.05, 0) is 30.7 Å². The highest BCUT2D eigenvalue weighted by Crippen LogP contribution is 2.16. The Morgan fingerprint density at radius 1 is 1.35 bits per heavy atom. The summed E-state index contributed by atoms with van der Waals surface area (Å²) in [5.41, 5.74) is 0.413. The van der Waals surface area contributed by atoms with E-state index in [0.29, 0.717) is 11.1 Å². The number of nitrogens with one attached hydrogen (secondary N) is 1. The molecule has 108 valence electrons. The van der Waals surface area contributed by atoms with Crippen LogP contribution in [-0.2, 0) is 14.8 Å². The molecule has 0 aromatic heterocycles. The molecule has 0 fully saturated rings. The van der Waals surface area contributed by atoms with E-state index < -0.39 is 15.4 Å². The second kappa shape index (κ2) is 5.73. The summed E-state index contributed by atoms with van der Waals surface area (Å²) in [4.78, 5) is 11.8. The van der Waals surface area contributed by atoms with E-state index in [1.165, 1.54) is 18.2 Å². The molecule has 1 rings (SSSR count). The van der Waals surface area contributed by atoms with Gasteiger partial charge in [-0.2, -0.15) is 5.26 Å². The Labute approximate surface area is 119 Å². The monoisotopic (exact) mass is 294 g/mol. The van der Waals surface area contributed by atoms with Crippen molar-refractivity contribution in [2.24, 2.45) is 5.41 Å². The molecule has 0 aliphatic rings. The summed E-state index contributed by atoms with van der Waals surface area (Å²) in [7, 11) is -3.74. The molecule has 0 spiro atoms. The molecule has 0 heterocycles. The average molecular weight is 294 g/mol. The topological polar surface area (TPSA) is 87.0 Å². The quantitative estimate of drug-likeness (QED) is 0.916. The minimum atomic E-state index is -3.74. The summed E-state index contributed by atoms with van der Waals surface area (Å²) in [5, 5.41) is 8.82. The molecule has 0 radical (unpaired) electrons. The van der Waals surface area contributed by atoms with Crippen molar-refractivity contribution in [2.45, 2.75) is 32.6 Å². The van der Waals surface area contributed by atoms with Crippen molar-refractivity contribution in [3.05, 3.63) is 29.3 Å². The van der Waals surface area contributed by atoms with Crippen LogP contribution in [0, 0.1) is 23.7 Å². The standard InChI is InChI=1S/C14H18N2O3S/c1-10-7-12(6-5-11(10)8-15)20(18,19)16-9-13(17)14(2,3)4/h5-7,16H,9H2,1-4H3. The summed E-state index contributed by atoms with van der Waals surface area (Å²) in [6, 6.07) is 6.20. The summed E-state index contributed by atoms with van der Waals surface area (Å²) in [6.07, 6.45) is 0. The van der Waals surface area contributed by atoms with Crippen molar-refractivity contribution >= 4 is 15.8 Å². The molecule has 0 aliphatic carbocycles. The van der Waals surface area contributed by atoms with E-state index in [1.54, 1.807) is 27.7 Å². The highest BCUT2D eigenvalue weighted by Gasteiger charge is 2.23. The van der Waals surface area contributed by atoms with Gasteiger partial charge in [0.2, 0.25) is 10.0 Å². The van der Waals surface area contributed by atoms with Gasteiger partial charge in [-0.25, -0.2) is 13.1 Å². The lowest BCUT2D eigenvalue weighted by atomic mass is 9.91. The van der Waals surface area contributed by atoms with E-state index in [1.807, 2.05) is 6.07 Å². The number of rotatable bonds is 4. The molecule has 1 aromatic carbocycles. The first-order valence-electron chi connectivity index (χ1n) is 6.11. The van der Waals surface area contributed by atoms with Crippen molar-refractivity contribution in [1.82, 2.24) is 4.72 Å². The Hall–Kier alpha value is -1.71. The zero-order chi connectivity index (χ0) is 15.6. The molecule has 0 aliphatic heterocycles. The molecule has 20 heavy (non-hydrogen) atoms. The van der Waals surface area contributed by atoms with Crippen LogP contribution in [0.2, 0.25) is 0 Å². The van der Waals surface area contributed by atoms with Crippen LogP contribution in [0.25, 0.3) is 0 Å². The molecule has 0 saturated heterocycles. The predicted octanol–water partition coefficient (Wildman–Crippen LogP) is 1.76. The van der Waals surface area contributed by atoms with Gasteiger partial charge < -0.3 is 0 Å². The number of carbonyl (C=O) groups excluding carboxylic acids is 1. The number of sulfonamides is 1. The second-order valence-electron chi connectivity index (χ2n) is 5.59. The number of aryl methyl sites for hydroxylation is 1. The zero-order valence-electron chi connectivity index (χ0n) is 12.0. The Morgan fingerprint density at radius 2 is 1.95 bits per heavy atom. The Balaban J connectivity index is 2.93. The van der Waals surface area contributed by atoms with Crippen molar-refractivity contribution in [3.8, 4) is 6.07 Å². The molecule has 0 atom stereocenters.